The van der Waals surface area contributed by atoms with Gasteiger partial charge < -0.3 is 9.47 Å². The van der Waals surface area contributed by atoms with Gasteiger partial charge in [0.15, 0.2) is 0 Å². The lowest BCUT2D eigenvalue weighted by Gasteiger charge is -2.11. The molecule has 0 saturated heterocycles. The molecule has 0 amide bonds. The third-order valence-electron chi connectivity index (χ3n) is 1.57. The topological polar surface area (TPSA) is 18.5 Å². The van der Waals surface area contributed by atoms with Gasteiger partial charge in [-0.05, 0) is 26.2 Å². The molecule has 0 aliphatic carbocycles. The summed E-state index contributed by atoms with van der Waals surface area (Å²) < 4.78 is 10.4. The Labute approximate surface area is 69.9 Å². The van der Waals surface area contributed by atoms with Gasteiger partial charge in [0.2, 0.25) is 0 Å². The highest BCUT2D eigenvalue weighted by atomic mass is 16.5. The van der Waals surface area contributed by atoms with Crippen LogP contribution in [-0.2, 0) is 9.47 Å². The van der Waals surface area contributed by atoms with Gasteiger partial charge in [-0.15, -0.1) is 0 Å². The van der Waals surface area contributed by atoms with Gasteiger partial charge >= 0.3 is 0 Å². The predicted molar refractivity (Wildman–Crippen MR) is 46.8 cm³/mol. The van der Waals surface area contributed by atoms with E-state index in [1.54, 1.807) is 7.11 Å². The molecular weight excluding hydrogens is 140 g/mol. The molecule has 2 heteroatoms. The summed E-state index contributed by atoms with van der Waals surface area (Å²) in [4.78, 5) is 0. The van der Waals surface area contributed by atoms with Crippen molar-refractivity contribution in [2.45, 2.75) is 39.2 Å². The van der Waals surface area contributed by atoms with E-state index in [0.29, 0.717) is 6.10 Å². The lowest BCUT2D eigenvalue weighted by molar-refractivity contribution is 0.0534. The van der Waals surface area contributed by atoms with E-state index in [0.717, 1.165) is 32.5 Å². The van der Waals surface area contributed by atoms with E-state index in [-0.39, 0.29) is 0 Å². The van der Waals surface area contributed by atoms with Crippen molar-refractivity contribution >= 4 is 0 Å². The Bertz CT molecular complexity index is 74.0. The highest BCUT2D eigenvalue weighted by Gasteiger charge is 1.99. The van der Waals surface area contributed by atoms with Crippen LogP contribution in [0, 0.1) is 0 Å². The van der Waals surface area contributed by atoms with E-state index < -0.39 is 0 Å². The number of rotatable bonds is 7. The van der Waals surface area contributed by atoms with Crippen LogP contribution >= 0.6 is 0 Å². The van der Waals surface area contributed by atoms with Crippen LogP contribution in [0.5, 0.6) is 0 Å². The fraction of sp³-hybridized carbons (Fsp3) is 1.00. The summed E-state index contributed by atoms with van der Waals surface area (Å²) in [5, 5.41) is 0. The molecule has 0 aromatic rings. The zero-order valence-corrected chi connectivity index (χ0v) is 7.93. The first-order valence-electron chi connectivity index (χ1n) is 4.41. The molecule has 0 aliphatic rings. The summed E-state index contributed by atoms with van der Waals surface area (Å²) in [6, 6.07) is 0. The second-order valence-corrected chi connectivity index (χ2v) is 2.82. The maximum atomic E-state index is 5.48. The first kappa shape index (κ1) is 10.9. The molecule has 0 N–H and O–H groups in total. The zero-order valence-electron chi connectivity index (χ0n) is 7.93. The lowest BCUT2D eigenvalue weighted by atomic mass is 10.2. The van der Waals surface area contributed by atoms with Crippen LogP contribution in [0.15, 0.2) is 0 Å². The van der Waals surface area contributed by atoms with Crippen molar-refractivity contribution in [1.29, 1.82) is 0 Å². The van der Waals surface area contributed by atoms with Crippen LogP contribution in [0.1, 0.15) is 33.1 Å². The molecular formula is C9H20O2. The van der Waals surface area contributed by atoms with E-state index in [9.17, 15) is 0 Å². The van der Waals surface area contributed by atoms with Crippen molar-refractivity contribution in [2.24, 2.45) is 0 Å². The summed E-state index contributed by atoms with van der Waals surface area (Å²) in [5.74, 6) is 0. The molecule has 0 rings (SSSR count). The molecule has 68 valence electrons. The minimum atomic E-state index is 0.394. The summed E-state index contributed by atoms with van der Waals surface area (Å²) in [6.45, 7) is 5.97. The monoisotopic (exact) mass is 160 g/mol. The Morgan fingerprint density at radius 2 is 2.00 bits per heavy atom. The van der Waals surface area contributed by atoms with Gasteiger partial charge in [0.05, 0.1) is 6.10 Å². The van der Waals surface area contributed by atoms with Crippen molar-refractivity contribution in [3.63, 3.8) is 0 Å². The van der Waals surface area contributed by atoms with Gasteiger partial charge in [-0.1, -0.05) is 6.92 Å². The third kappa shape index (κ3) is 7.82. The molecule has 0 aromatic carbocycles. The molecule has 1 atom stereocenters. The van der Waals surface area contributed by atoms with Crippen LogP contribution < -0.4 is 0 Å². The minimum absolute atomic E-state index is 0.394. The molecule has 11 heavy (non-hydrogen) atoms. The Balaban J connectivity index is 3.02. The van der Waals surface area contributed by atoms with Crippen LogP contribution in [-0.4, -0.2) is 26.4 Å². The van der Waals surface area contributed by atoms with E-state index >= 15 is 0 Å². The van der Waals surface area contributed by atoms with Gasteiger partial charge in [0.1, 0.15) is 0 Å². The second-order valence-electron chi connectivity index (χ2n) is 2.82. The van der Waals surface area contributed by atoms with Crippen molar-refractivity contribution < 1.29 is 9.47 Å². The highest BCUT2D eigenvalue weighted by Crippen LogP contribution is 2.01. The van der Waals surface area contributed by atoms with Crippen LogP contribution in [0.25, 0.3) is 0 Å². The zero-order chi connectivity index (χ0) is 8.53. The molecule has 0 bridgehead atoms. The summed E-state index contributed by atoms with van der Waals surface area (Å²) in [6.07, 6.45) is 3.70. The Morgan fingerprint density at radius 1 is 1.27 bits per heavy atom. The predicted octanol–water partition coefficient (Wildman–Crippen LogP) is 2.23. The molecule has 0 heterocycles. The molecule has 0 radical (unpaired) electrons. The number of ether oxygens (including phenoxy) is 2. The Kier molecular flexibility index (Phi) is 7.96. The molecule has 0 spiro atoms. The Morgan fingerprint density at radius 3 is 2.55 bits per heavy atom. The maximum absolute atomic E-state index is 5.48. The van der Waals surface area contributed by atoms with Gasteiger partial charge in [-0.25, -0.2) is 0 Å². The summed E-state index contributed by atoms with van der Waals surface area (Å²) in [5.41, 5.74) is 0. The number of hydrogen-bond donors (Lipinski definition) is 0. The first-order chi connectivity index (χ1) is 5.31. The second kappa shape index (κ2) is 8.02. The van der Waals surface area contributed by atoms with Crippen molar-refractivity contribution in [1.82, 2.24) is 0 Å². The van der Waals surface area contributed by atoms with Gasteiger partial charge in [-0.2, -0.15) is 0 Å². The van der Waals surface area contributed by atoms with E-state index in [1.807, 2.05) is 0 Å². The Hall–Kier alpha value is -0.0800. The van der Waals surface area contributed by atoms with E-state index in [2.05, 4.69) is 13.8 Å². The van der Waals surface area contributed by atoms with Crippen LogP contribution in [0.3, 0.4) is 0 Å². The maximum Gasteiger partial charge on any atom is 0.0547 e. The summed E-state index contributed by atoms with van der Waals surface area (Å²) in [7, 11) is 1.73. The molecule has 0 aromatic heterocycles. The largest absolute Gasteiger partial charge is 0.385 e. The fourth-order valence-corrected chi connectivity index (χ4v) is 0.917. The fourth-order valence-electron chi connectivity index (χ4n) is 0.917. The van der Waals surface area contributed by atoms with Crippen molar-refractivity contribution in [3.8, 4) is 0 Å². The lowest BCUT2D eigenvalue weighted by Crippen LogP contribution is -2.09. The normalized spacial score (nSPS) is 13.4. The molecule has 0 saturated carbocycles. The van der Waals surface area contributed by atoms with Crippen molar-refractivity contribution in [3.05, 3.63) is 0 Å². The molecule has 1 unspecified atom stereocenters. The smallest absolute Gasteiger partial charge is 0.0547 e. The van der Waals surface area contributed by atoms with Gasteiger partial charge in [0, 0.05) is 20.3 Å². The van der Waals surface area contributed by atoms with Crippen LogP contribution in [0.2, 0.25) is 0 Å². The number of hydrogen-bond acceptors (Lipinski definition) is 2. The average molecular weight is 160 g/mol. The van der Waals surface area contributed by atoms with Gasteiger partial charge in [0.25, 0.3) is 0 Å². The molecule has 2 nitrogen and oxygen atoms in total. The third-order valence-corrected chi connectivity index (χ3v) is 1.57. The SMILES string of the molecule is CCCOC(C)CCCOC. The van der Waals surface area contributed by atoms with Crippen LogP contribution in [0.4, 0.5) is 0 Å². The number of methoxy groups -OCH3 is 1. The van der Waals surface area contributed by atoms with E-state index in [4.69, 9.17) is 9.47 Å². The molecule has 0 aliphatic heterocycles. The standard InChI is InChI=1S/C9H20O2/c1-4-7-11-9(2)6-5-8-10-3/h9H,4-8H2,1-3H3. The summed E-state index contributed by atoms with van der Waals surface area (Å²) >= 11 is 0. The quantitative estimate of drug-likeness (QED) is 0.532. The molecule has 0 fully saturated rings. The first-order valence-corrected chi connectivity index (χ1v) is 4.41. The average Bonchev–Trinajstić information content (AvgIpc) is 2.01. The van der Waals surface area contributed by atoms with Crippen molar-refractivity contribution in [2.75, 3.05) is 20.3 Å². The van der Waals surface area contributed by atoms with E-state index in [1.165, 1.54) is 0 Å². The highest BCUT2D eigenvalue weighted by molar-refractivity contribution is 4.49. The minimum Gasteiger partial charge on any atom is -0.385 e. The van der Waals surface area contributed by atoms with Gasteiger partial charge in [-0.3, -0.25) is 0 Å².